The molecule has 11 heavy (non-hydrogen) atoms. The van der Waals surface area contributed by atoms with E-state index < -0.39 is 12.3 Å². The summed E-state index contributed by atoms with van der Waals surface area (Å²) in [6.07, 6.45) is -2.89. The van der Waals surface area contributed by atoms with E-state index in [4.69, 9.17) is 0 Å². The standard InChI is InChI=1S/C6H10F2N2O/c7-5(8)6(11)10-3-4-1-9-2-4/h4-5,9H,1-3H2,(H,10,11). The molecule has 1 rings (SSSR count). The first-order valence-electron chi connectivity index (χ1n) is 3.46. The first kappa shape index (κ1) is 8.39. The van der Waals surface area contributed by atoms with Crippen LogP contribution < -0.4 is 10.6 Å². The van der Waals surface area contributed by atoms with Crippen LogP contribution in [0.5, 0.6) is 0 Å². The Balaban J connectivity index is 2.06. The van der Waals surface area contributed by atoms with Crippen molar-refractivity contribution in [3.05, 3.63) is 0 Å². The second-order valence-corrected chi connectivity index (χ2v) is 2.57. The molecule has 64 valence electrons. The van der Waals surface area contributed by atoms with Gasteiger partial charge in [-0.1, -0.05) is 0 Å². The van der Waals surface area contributed by atoms with Crippen LogP contribution in [-0.4, -0.2) is 32.0 Å². The van der Waals surface area contributed by atoms with Crippen molar-refractivity contribution < 1.29 is 13.6 Å². The van der Waals surface area contributed by atoms with E-state index >= 15 is 0 Å². The summed E-state index contributed by atoms with van der Waals surface area (Å²) in [6.45, 7) is 1.98. The molecule has 0 aromatic heterocycles. The van der Waals surface area contributed by atoms with E-state index in [1.807, 2.05) is 0 Å². The number of hydrogen-bond donors (Lipinski definition) is 2. The highest BCUT2D eigenvalue weighted by Crippen LogP contribution is 2.00. The van der Waals surface area contributed by atoms with Gasteiger partial charge < -0.3 is 10.6 Å². The van der Waals surface area contributed by atoms with Crippen molar-refractivity contribution in [3.63, 3.8) is 0 Å². The zero-order chi connectivity index (χ0) is 8.27. The Bertz CT molecular complexity index is 148. The Kier molecular flexibility index (Phi) is 2.76. The van der Waals surface area contributed by atoms with Gasteiger partial charge in [0.25, 0.3) is 5.91 Å². The topological polar surface area (TPSA) is 41.1 Å². The van der Waals surface area contributed by atoms with E-state index in [0.717, 1.165) is 13.1 Å². The Hall–Kier alpha value is -0.710. The van der Waals surface area contributed by atoms with Crippen molar-refractivity contribution >= 4 is 5.91 Å². The zero-order valence-electron chi connectivity index (χ0n) is 5.94. The van der Waals surface area contributed by atoms with Gasteiger partial charge in [-0.2, -0.15) is 8.78 Å². The maximum absolute atomic E-state index is 11.6. The number of rotatable bonds is 3. The average molecular weight is 164 g/mol. The van der Waals surface area contributed by atoms with Crippen LogP contribution in [0.15, 0.2) is 0 Å². The smallest absolute Gasteiger partial charge is 0.315 e. The molecular formula is C6H10F2N2O. The highest BCUT2D eigenvalue weighted by atomic mass is 19.3. The van der Waals surface area contributed by atoms with Gasteiger partial charge in [0.15, 0.2) is 0 Å². The van der Waals surface area contributed by atoms with Crippen molar-refractivity contribution in [2.75, 3.05) is 19.6 Å². The number of halogens is 2. The van der Waals surface area contributed by atoms with E-state index in [2.05, 4.69) is 10.6 Å². The fraction of sp³-hybridized carbons (Fsp3) is 0.833. The lowest BCUT2D eigenvalue weighted by molar-refractivity contribution is -0.132. The third kappa shape index (κ3) is 2.42. The molecule has 0 unspecified atom stereocenters. The Morgan fingerprint density at radius 3 is 2.64 bits per heavy atom. The van der Waals surface area contributed by atoms with Crippen LogP contribution in [0, 0.1) is 5.92 Å². The van der Waals surface area contributed by atoms with Gasteiger partial charge >= 0.3 is 6.43 Å². The molecule has 0 radical (unpaired) electrons. The highest BCUT2D eigenvalue weighted by molar-refractivity contribution is 5.79. The SMILES string of the molecule is O=C(NCC1CNC1)C(F)F. The fourth-order valence-electron chi connectivity index (χ4n) is 0.815. The maximum atomic E-state index is 11.6. The molecule has 1 amide bonds. The van der Waals surface area contributed by atoms with E-state index in [9.17, 15) is 13.6 Å². The lowest BCUT2D eigenvalue weighted by Gasteiger charge is -2.26. The summed E-state index contributed by atoms with van der Waals surface area (Å²) in [5.74, 6) is -0.838. The molecule has 1 saturated heterocycles. The van der Waals surface area contributed by atoms with Gasteiger partial charge in [0.1, 0.15) is 0 Å². The first-order valence-corrected chi connectivity index (χ1v) is 3.46. The molecule has 0 aromatic carbocycles. The minimum absolute atomic E-state index is 0.331. The molecule has 1 aliphatic heterocycles. The Morgan fingerprint density at radius 1 is 1.64 bits per heavy atom. The predicted octanol–water partition coefficient (Wildman–Crippen LogP) is -0.413. The lowest BCUT2D eigenvalue weighted by atomic mass is 10.0. The second kappa shape index (κ2) is 3.61. The van der Waals surface area contributed by atoms with E-state index in [1.165, 1.54) is 0 Å². The number of carbonyl (C=O) groups excluding carboxylic acids is 1. The summed E-state index contributed by atoms with van der Waals surface area (Å²) >= 11 is 0. The van der Waals surface area contributed by atoms with E-state index in [0.29, 0.717) is 12.5 Å². The van der Waals surface area contributed by atoms with Crippen LogP contribution in [0.3, 0.4) is 0 Å². The normalized spacial score (nSPS) is 18.1. The molecule has 0 aliphatic carbocycles. The maximum Gasteiger partial charge on any atom is 0.315 e. The zero-order valence-corrected chi connectivity index (χ0v) is 5.94. The minimum atomic E-state index is -2.89. The van der Waals surface area contributed by atoms with Crippen molar-refractivity contribution in [1.29, 1.82) is 0 Å². The molecule has 1 fully saturated rings. The summed E-state index contributed by atoms with van der Waals surface area (Å²) in [5, 5.41) is 5.13. The summed E-state index contributed by atoms with van der Waals surface area (Å²) in [4.78, 5) is 10.3. The van der Waals surface area contributed by atoms with Crippen LogP contribution in [0.4, 0.5) is 8.78 Å². The molecule has 0 spiro atoms. The number of amides is 1. The molecule has 0 bridgehead atoms. The van der Waals surface area contributed by atoms with E-state index in [1.54, 1.807) is 0 Å². The first-order chi connectivity index (χ1) is 5.20. The van der Waals surface area contributed by atoms with Crippen molar-refractivity contribution in [1.82, 2.24) is 10.6 Å². The molecule has 5 heteroatoms. The largest absolute Gasteiger partial charge is 0.351 e. The summed E-state index contributed by atoms with van der Waals surface area (Å²) in [7, 11) is 0. The van der Waals surface area contributed by atoms with Crippen molar-refractivity contribution in [2.24, 2.45) is 5.92 Å². The second-order valence-electron chi connectivity index (χ2n) is 2.57. The third-order valence-electron chi connectivity index (χ3n) is 1.63. The fourth-order valence-corrected chi connectivity index (χ4v) is 0.815. The Labute approximate surface area is 63.2 Å². The molecule has 3 nitrogen and oxygen atoms in total. The van der Waals surface area contributed by atoms with Crippen LogP contribution >= 0.6 is 0 Å². The number of carbonyl (C=O) groups is 1. The van der Waals surface area contributed by atoms with Gasteiger partial charge in [-0.15, -0.1) is 0 Å². The average Bonchev–Trinajstić information content (AvgIpc) is 1.83. The molecule has 1 heterocycles. The number of hydrogen-bond acceptors (Lipinski definition) is 2. The van der Waals surface area contributed by atoms with Crippen molar-refractivity contribution in [2.45, 2.75) is 6.43 Å². The van der Waals surface area contributed by atoms with Crippen LogP contribution in [-0.2, 0) is 4.79 Å². The number of alkyl halides is 2. The lowest BCUT2D eigenvalue weighted by Crippen LogP contribution is -2.48. The van der Waals surface area contributed by atoms with Crippen LogP contribution in [0.25, 0.3) is 0 Å². The molecule has 0 saturated carbocycles. The summed E-state index contributed by atoms with van der Waals surface area (Å²) in [6, 6.07) is 0. The minimum Gasteiger partial charge on any atom is -0.351 e. The van der Waals surface area contributed by atoms with Gasteiger partial charge in [0.2, 0.25) is 0 Å². The van der Waals surface area contributed by atoms with Gasteiger partial charge in [0.05, 0.1) is 0 Å². The quantitative estimate of drug-likeness (QED) is 0.595. The van der Waals surface area contributed by atoms with Crippen LogP contribution in [0.1, 0.15) is 0 Å². The van der Waals surface area contributed by atoms with Gasteiger partial charge in [-0.05, 0) is 0 Å². The summed E-state index contributed by atoms with van der Waals surface area (Å²) in [5.41, 5.74) is 0. The molecule has 2 N–H and O–H groups in total. The van der Waals surface area contributed by atoms with Crippen LogP contribution in [0.2, 0.25) is 0 Å². The molecule has 0 atom stereocenters. The van der Waals surface area contributed by atoms with Crippen molar-refractivity contribution in [3.8, 4) is 0 Å². The van der Waals surface area contributed by atoms with Gasteiger partial charge in [-0.25, -0.2) is 0 Å². The van der Waals surface area contributed by atoms with E-state index in [-0.39, 0.29) is 0 Å². The monoisotopic (exact) mass is 164 g/mol. The molecule has 0 aromatic rings. The Morgan fingerprint density at radius 2 is 2.27 bits per heavy atom. The number of nitrogens with one attached hydrogen (secondary N) is 2. The van der Waals surface area contributed by atoms with Gasteiger partial charge in [-0.3, -0.25) is 4.79 Å². The summed E-state index contributed by atoms with van der Waals surface area (Å²) < 4.78 is 23.1. The molecule has 1 aliphatic rings. The highest BCUT2D eigenvalue weighted by Gasteiger charge is 2.20. The molecular weight excluding hydrogens is 154 g/mol. The third-order valence-corrected chi connectivity index (χ3v) is 1.63. The van der Waals surface area contributed by atoms with Gasteiger partial charge in [0, 0.05) is 25.6 Å². The predicted molar refractivity (Wildman–Crippen MR) is 35.4 cm³/mol.